The number of ether oxygens (including phenoxy) is 2. The fourth-order valence-corrected chi connectivity index (χ4v) is 7.19. The van der Waals surface area contributed by atoms with E-state index in [0.717, 1.165) is 12.8 Å². The minimum Gasteiger partial charge on any atom is -0.494 e. The highest BCUT2D eigenvalue weighted by Crippen LogP contribution is 2.59. The van der Waals surface area contributed by atoms with Crippen LogP contribution < -0.4 is 9.64 Å². The highest BCUT2D eigenvalue weighted by Gasteiger charge is 2.75. The molecule has 0 aliphatic carbocycles. The standard InChI is InChI=1S/C34H49N3O6/c1-7-20-35(24-14-16-25(17-15-24)42-9-3)30(39)27-26-18-19-34(43-26)28(27)31(40)36(22-12-10-11-13-23-38)29(34)32(41)37(21-8-2)33(4,5)6/h7-8,14-17,26-29,38H,1-2,9-13,18-23H2,3-6H3/t26-,27+,28+,29?,34?/m1/s1. The third-order valence-electron chi connectivity index (χ3n) is 9.05. The van der Waals surface area contributed by atoms with Gasteiger partial charge in [-0.25, -0.2) is 0 Å². The molecule has 236 valence electrons. The summed E-state index contributed by atoms with van der Waals surface area (Å²) in [6.07, 6.45) is 7.17. The van der Waals surface area contributed by atoms with Crippen molar-refractivity contribution in [1.29, 1.82) is 0 Å². The zero-order valence-electron chi connectivity index (χ0n) is 26.3. The molecule has 3 aliphatic heterocycles. The van der Waals surface area contributed by atoms with Crippen molar-refractivity contribution >= 4 is 23.4 Å². The number of benzene rings is 1. The van der Waals surface area contributed by atoms with Gasteiger partial charge in [0.2, 0.25) is 17.7 Å². The number of fused-ring (bicyclic) bond motifs is 1. The molecule has 3 aliphatic rings. The van der Waals surface area contributed by atoms with E-state index < -0.39 is 35.1 Å². The Hall–Kier alpha value is -3.17. The summed E-state index contributed by atoms with van der Waals surface area (Å²) < 4.78 is 12.3. The van der Waals surface area contributed by atoms with Gasteiger partial charge in [-0.3, -0.25) is 14.4 Å². The molecule has 43 heavy (non-hydrogen) atoms. The molecule has 0 aromatic heterocycles. The lowest BCUT2D eigenvalue weighted by molar-refractivity contribution is -0.151. The smallest absolute Gasteiger partial charge is 0.249 e. The van der Waals surface area contributed by atoms with Crippen LogP contribution in [0.5, 0.6) is 5.75 Å². The molecule has 9 heteroatoms. The van der Waals surface area contributed by atoms with Crippen molar-refractivity contribution in [2.75, 3.05) is 37.7 Å². The van der Waals surface area contributed by atoms with Gasteiger partial charge in [0.15, 0.2) is 0 Å². The van der Waals surface area contributed by atoms with E-state index in [0.29, 0.717) is 56.8 Å². The molecule has 3 heterocycles. The van der Waals surface area contributed by atoms with Crippen LogP contribution in [-0.4, -0.2) is 88.8 Å². The molecule has 1 N–H and O–H groups in total. The summed E-state index contributed by atoms with van der Waals surface area (Å²) in [7, 11) is 0. The van der Waals surface area contributed by atoms with Crippen molar-refractivity contribution in [2.24, 2.45) is 11.8 Å². The molecule has 2 bridgehead atoms. The second-order valence-electron chi connectivity index (χ2n) is 12.8. The van der Waals surface area contributed by atoms with E-state index >= 15 is 0 Å². The Balaban J connectivity index is 1.70. The molecule has 2 unspecified atom stereocenters. The maximum absolute atomic E-state index is 14.5. The first-order chi connectivity index (χ1) is 20.5. The van der Waals surface area contributed by atoms with Gasteiger partial charge < -0.3 is 29.3 Å². The molecular formula is C34H49N3O6. The zero-order valence-corrected chi connectivity index (χ0v) is 26.3. The third kappa shape index (κ3) is 6.25. The Kier molecular flexibility index (Phi) is 10.4. The largest absolute Gasteiger partial charge is 0.494 e. The second-order valence-corrected chi connectivity index (χ2v) is 12.8. The lowest BCUT2D eigenvalue weighted by Gasteiger charge is -2.42. The number of hydrogen-bond donors (Lipinski definition) is 1. The molecule has 3 amide bonds. The highest BCUT2D eigenvalue weighted by atomic mass is 16.5. The van der Waals surface area contributed by atoms with Gasteiger partial charge >= 0.3 is 0 Å². The number of likely N-dealkylation sites (tertiary alicyclic amines) is 1. The predicted molar refractivity (Wildman–Crippen MR) is 167 cm³/mol. The van der Waals surface area contributed by atoms with Crippen LogP contribution in [-0.2, 0) is 19.1 Å². The molecular weight excluding hydrogens is 546 g/mol. The van der Waals surface area contributed by atoms with E-state index in [9.17, 15) is 19.5 Å². The summed E-state index contributed by atoms with van der Waals surface area (Å²) in [5.74, 6) is -1.27. The van der Waals surface area contributed by atoms with E-state index in [4.69, 9.17) is 9.47 Å². The Morgan fingerprint density at radius 1 is 1.09 bits per heavy atom. The maximum Gasteiger partial charge on any atom is 0.249 e. The average molecular weight is 596 g/mol. The summed E-state index contributed by atoms with van der Waals surface area (Å²) in [6.45, 7) is 17.3. The summed E-state index contributed by atoms with van der Waals surface area (Å²) in [4.78, 5) is 48.4. The number of amides is 3. The Morgan fingerprint density at radius 2 is 1.77 bits per heavy atom. The average Bonchev–Trinajstić information content (AvgIpc) is 3.61. The summed E-state index contributed by atoms with van der Waals surface area (Å²) in [5.41, 5.74) is -0.877. The van der Waals surface area contributed by atoms with Crippen molar-refractivity contribution in [2.45, 2.75) is 89.5 Å². The molecule has 1 aromatic carbocycles. The van der Waals surface area contributed by atoms with Crippen LogP contribution in [0.25, 0.3) is 0 Å². The van der Waals surface area contributed by atoms with Gasteiger partial charge in [-0.1, -0.05) is 25.0 Å². The van der Waals surface area contributed by atoms with E-state index in [1.165, 1.54) is 0 Å². The number of carbonyl (C=O) groups is 3. The molecule has 0 radical (unpaired) electrons. The van der Waals surface area contributed by atoms with Crippen LogP contribution in [0.15, 0.2) is 49.6 Å². The van der Waals surface area contributed by atoms with Gasteiger partial charge in [0.05, 0.1) is 24.5 Å². The van der Waals surface area contributed by atoms with E-state index in [1.54, 1.807) is 26.9 Å². The van der Waals surface area contributed by atoms with Crippen molar-refractivity contribution in [3.63, 3.8) is 0 Å². The zero-order chi connectivity index (χ0) is 31.4. The Bertz CT molecular complexity index is 1180. The fourth-order valence-electron chi connectivity index (χ4n) is 7.19. The van der Waals surface area contributed by atoms with Crippen LogP contribution in [0, 0.1) is 11.8 Å². The number of aliphatic hydroxyl groups is 1. The molecule has 3 saturated heterocycles. The van der Waals surface area contributed by atoms with Gasteiger partial charge in [0.25, 0.3) is 0 Å². The summed E-state index contributed by atoms with van der Waals surface area (Å²) in [6, 6.07) is 6.52. The lowest BCUT2D eigenvalue weighted by Crippen LogP contribution is -2.60. The van der Waals surface area contributed by atoms with Gasteiger partial charge in [0, 0.05) is 37.5 Å². The van der Waals surface area contributed by atoms with Crippen molar-refractivity contribution in [3.05, 3.63) is 49.6 Å². The molecule has 1 spiro atoms. The molecule has 9 nitrogen and oxygen atoms in total. The third-order valence-corrected chi connectivity index (χ3v) is 9.05. The topological polar surface area (TPSA) is 99.6 Å². The van der Waals surface area contributed by atoms with Crippen LogP contribution in [0.2, 0.25) is 0 Å². The maximum atomic E-state index is 14.5. The summed E-state index contributed by atoms with van der Waals surface area (Å²) in [5, 5.41) is 9.20. The fraction of sp³-hybridized carbons (Fsp3) is 0.618. The van der Waals surface area contributed by atoms with Crippen molar-refractivity contribution < 1.29 is 29.0 Å². The summed E-state index contributed by atoms with van der Waals surface area (Å²) >= 11 is 0. The first-order valence-corrected chi connectivity index (χ1v) is 15.7. The number of hydrogen-bond acceptors (Lipinski definition) is 6. The number of carbonyl (C=O) groups excluding carboxylic acids is 3. The normalized spacial score (nSPS) is 25.9. The van der Waals surface area contributed by atoms with E-state index in [-0.39, 0.29) is 30.9 Å². The predicted octanol–water partition coefficient (Wildman–Crippen LogP) is 4.34. The SMILES string of the molecule is C=CCN(C(=O)[C@@H]1[C@H]2C(=O)N(CCCCCCO)C(C(=O)N(CC=C)C(C)(C)C)C23CC[C@H]1O3)c1ccc(OCC)cc1. The van der Waals surface area contributed by atoms with Crippen LogP contribution in [0.4, 0.5) is 5.69 Å². The number of nitrogens with zero attached hydrogens (tertiary/aromatic N) is 3. The van der Waals surface area contributed by atoms with Crippen LogP contribution in [0.1, 0.15) is 66.2 Å². The van der Waals surface area contributed by atoms with Crippen molar-refractivity contribution in [3.8, 4) is 5.75 Å². The lowest BCUT2D eigenvalue weighted by atomic mass is 9.70. The van der Waals surface area contributed by atoms with Gasteiger partial charge in [-0.2, -0.15) is 0 Å². The number of rotatable bonds is 15. The first kappa shape index (κ1) is 32.7. The van der Waals surface area contributed by atoms with Crippen molar-refractivity contribution in [1.82, 2.24) is 9.80 Å². The number of aliphatic hydroxyl groups excluding tert-OH is 1. The van der Waals surface area contributed by atoms with Gasteiger partial charge in [-0.15, -0.1) is 13.2 Å². The van der Waals surface area contributed by atoms with E-state index in [2.05, 4.69) is 13.2 Å². The minimum absolute atomic E-state index is 0.131. The first-order valence-electron chi connectivity index (χ1n) is 15.7. The molecule has 0 saturated carbocycles. The molecule has 1 aromatic rings. The number of unbranched alkanes of at least 4 members (excludes halogenated alkanes) is 3. The molecule has 5 atom stereocenters. The minimum atomic E-state index is -1.06. The Morgan fingerprint density at radius 3 is 2.37 bits per heavy atom. The Labute approximate surface area is 256 Å². The quantitative estimate of drug-likeness (QED) is 0.239. The second kappa shape index (κ2) is 13.6. The van der Waals surface area contributed by atoms with E-state index in [1.807, 2.05) is 52.0 Å². The van der Waals surface area contributed by atoms with Gasteiger partial charge in [-0.05, 0) is 77.6 Å². The van der Waals surface area contributed by atoms with Crippen LogP contribution in [0.3, 0.4) is 0 Å². The molecule has 3 fully saturated rings. The highest BCUT2D eigenvalue weighted by molar-refractivity contribution is 6.03. The van der Waals surface area contributed by atoms with Crippen LogP contribution >= 0.6 is 0 Å². The van der Waals surface area contributed by atoms with Gasteiger partial charge in [0.1, 0.15) is 17.4 Å². The monoisotopic (exact) mass is 595 g/mol. The molecule has 4 rings (SSSR count). The number of anilines is 1.